The highest BCUT2D eigenvalue weighted by Crippen LogP contribution is 2.29. The minimum Gasteiger partial charge on any atom is -0.408 e. The Labute approximate surface area is 117 Å². The van der Waals surface area contributed by atoms with Crippen LogP contribution in [0.15, 0.2) is 34.7 Å². The van der Waals surface area contributed by atoms with Crippen molar-refractivity contribution in [2.45, 2.75) is 18.8 Å². The van der Waals surface area contributed by atoms with Gasteiger partial charge < -0.3 is 9.32 Å². The quantitative estimate of drug-likeness (QED) is 0.806. The van der Waals surface area contributed by atoms with Crippen molar-refractivity contribution >= 4 is 17.6 Å². The van der Waals surface area contributed by atoms with Gasteiger partial charge in [0.2, 0.25) is 5.89 Å². The van der Waals surface area contributed by atoms with E-state index in [1.807, 2.05) is 6.07 Å². The van der Waals surface area contributed by atoms with Crippen LogP contribution >= 0.6 is 11.6 Å². The second kappa shape index (κ2) is 5.61. The fourth-order valence-electron chi connectivity index (χ4n) is 2.49. The summed E-state index contributed by atoms with van der Waals surface area (Å²) in [5.74, 6) is 1.67. The standard InChI is InChI=1S/C14H16ClN3O/c15-8-6-13-16-17-14(19-13)18-9-7-12(10-18)11-4-2-1-3-5-11/h1-5,12H,6-10H2. The van der Waals surface area contributed by atoms with E-state index in [0.717, 1.165) is 19.5 Å². The van der Waals surface area contributed by atoms with E-state index in [0.29, 0.717) is 30.1 Å². The summed E-state index contributed by atoms with van der Waals surface area (Å²) in [5, 5.41) is 8.10. The van der Waals surface area contributed by atoms with E-state index in [-0.39, 0.29) is 0 Å². The molecule has 1 aliphatic heterocycles. The Morgan fingerprint density at radius 3 is 2.89 bits per heavy atom. The van der Waals surface area contributed by atoms with Gasteiger partial charge in [0.1, 0.15) is 0 Å². The normalized spacial score (nSPS) is 19.0. The first-order valence-corrected chi connectivity index (χ1v) is 7.08. The van der Waals surface area contributed by atoms with Crippen LogP contribution in [0.1, 0.15) is 23.8 Å². The van der Waals surface area contributed by atoms with Crippen molar-refractivity contribution < 1.29 is 4.42 Å². The molecule has 0 N–H and O–H groups in total. The molecule has 0 bridgehead atoms. The van der Waals surface area contributed by atoms with Crippen molar-refractivity contribution in [1.82, 2.24) is 10.2 Å². The number of hydrogen-bond acceptors (Lipinski definition) is 4. The van der Waals surface area contributed by atoms with Crippen molar-refractivity contribution in [3.63, 3.8) is 0 Å². The number of benzene rings is 1. The van der Waals surface area contributed by atoms with E-state index in [1.165, 1.54) is 5.56 Å². The minimum atomic E-state index is 0.508. The summed E-state index contributed by atoms with van der Waals surface area (Å²) in [6, 6.07) is 11.2. The average Bonchev–Trinajstić information content (AvgIpc) is 3.08. The van der Waals surface area contributed by atoms with Crippen LogP contribution in [0.2, 0.25) is 0 Å². The lowest BCUT2D eigenvalue weighted by Crippen LogP contribution is -2.19. The zero-order chi connectivity index (χ0) is 13.1. The van der Waals surface area contributed by atoms with Gasteiger partial charge in [-0.05, 0) is 12.0 Å². The maximum atomic E-state index is 5.67. The van der Waals surface area contributed by atoms with Gasteiger partial charge in [-0.1, -0.05) is 35.4 Å². The van der Waals surface area contributed by atoms with Crippen LogP contribution < -0.4 is 4.90 Å². The molecule has 1 atom stereocenters. The van der Waals surface area contributed by atoms with E-state index in [4.69, 9.17) is 16.0 Å². The molecule has 1 aromatic carbocycles. The average molecular weight is 278 g/mol. The Kier molecular flexibility index (Phi) is 3.69. The lowest BCUT2D eigenvalue weighted by atomic mass is 9.99. The van der Waals surface area contributed by atoms with E-state index < -0.39 is 0 Å². The molecule has 2 aromatic rings. The summed E-state index contributed by atoms with van der Waals surface area (Å²) in [6.07, 6.45) is 1.75. The molecular formula is C14H16ClN3O. The van der Waals surface area contributed by atoms with E-state index in [2.05, 4.69) is 39.4 Å². The molecule has 0 aliphatic carbocycles. The predicted octanol–water partition coefficient (Wildman–Crippen LogP) is 2.84. The first-order chi connectivity index (χ1) is 9.36. The fourth-order valence-corrected chi connectivity index (χ4v) is 2.65. The number of nitrogens with zero attached hydrogens (tertiary/aromatic N) is 3. The molecule has 0 amide bonds. The minimum absolute atomic E-state index is 0.508. The molecular weight excluding hydrogens is 262 g/mol. The Morgan fingerprint density at radius 2 is 2.11 bits per heavy atom. The van der Waals surface area contributed by atoms with Crippen molar-refractivity contribution in [3.8, 4) is 0 Å². The molecule has 5 heteroatoms. The number of alkyl halides is 1. The molecule has 1 saturated heterocycles. The molecule has 3 rings (SSSR count). The van der Waals surface area contributed by atoms with Crippen LogP contribution in [-0.2, 0) is 6.42 Å². The molecule has 0 radical (unpaired) electrons. The molecule has 1 aromatic heterocycles. The SMILES string of the molecule is ClCCc1nnc(N2CCC(c3ccccc3)C2)o1. The zero-order valence-corrected chi connectivity index (χ0v) is 11.4. The molecule has 0 saturated carbocycles. The number of aromatic nitrogens is 2. The summed E-state index contributed by atoms with van der Waals surface area (Å²) < 4.78 is 5.61. The first-order valence-electron chi connectivity index (χ1n) is 6.55. The van der Waals surface area contributed by atoms with Crippen molar-refractivity contribution in [3.05, 3.63) is 41.8 Å². The van der Waals surface area contributed by atoms with Crippen molar-refractivity contribution in [2.75, 3.05) is 23.9 Å². The maximum absolute atomic E-state index is 5.67. The summed E-state index contributed by atoms with van der Waals surface area (Å²) in [4.78, 5) is 2.16. The smallest absolute Gasteiger partial charge is 0.318 e. The Morgan fingerprint density at radius 1 is 1.26 bits per heavy atom. The van der Waals surface area contributed by atoms with Crippen LogP contribution in [0.3, 0.4) is 0 Å². The summed E-state index contributed by atoms with van der Waals surface area (Å²) >= 11 is 5.67. The summed E-state index contributed by atoms with van der Waals surface area (Å²) in [7, 11) is 0. The van der Waals surface area contributed by atoms with Gasteiger partial charge in [0, 0.05) is 31.3 Å². The van der Waals surface area contributed by atoms with Gasteiger partial charge in [-0.25, -0.2) is 0 Å². The third-order valence-electron chi connectivity index (χ3n) is 3.49. The van der Waals surface area contributed by atoms with Crippen LogP contribution in [0.25, 0.3) is 0 Å². The molecule has 100 valence electrons. The number of aryl methyl sites for hydroxylation is 1. The van der Waals surface area contributed by atoms with Gasteiger partial charge >= 0.3 is 6.01 Å². The highest BCUT2D eigenvalue weighted by atomic mass is 35.5. The van der Waals surface area contributed by atoms with Crippen LogP contribution in [0.4, 0.5) is 6.01 Å². The van der Waals surface area contributed by atoms with Gasteiger partial charge in [0.15, 0.2) is 0 Å². The lowest BCUT2D eigenvalue weighted by Gasteiger charge is -2.13. The first kappa shape index (κ1) is 12.5. The Bertz CT molecular complexity index is 528. The zero-order valence-electron chi connectivity index (χ0n) is 10.6. The molecule has 1 aliphatic rings. The van der Waals surface area contributed by atoms with Crippen LogP contribution in [0.5, 0.6) is 0 Å². The predicted molar refractivity (Wildman–Crippen MR) is 74.7 cm³/mol. The molecule has 2 heterocycles. The van der Waals surface area contributed by atoms with Crippen LogP contribution in [0, 0.1) is 0 Å². The van der Waals surface area contributed by atoms with E-state index >= 15 is 0 Å². The number of halogens is 1. The lowest BCUT2D eigenvalue weighted by molar-refractivity contribution is 0.496. The molecule has 4 nitrogen and oxygen atoms in total. The Balaban J connectivity index is 1.68. The fraction of sp³-hybridized carbons (Fsp3) is 0.429. The second-order valence-electron chi connectivity index (χ2n) is 4.76. The topological polar surface area (TPSA) is 42.2 Å². The van der Waals surface area contributed by atoms with Gasteiger partial charge in [0.05, 0.1) is 0 Å². The van der Waals surface area contributed by atoms with Gasteiger partial charge in [-0.15, -0.1) is 16.7 Å². The van der Waals surface area contributed by atoms with Gasteiger partial charge in [-0.2, -0.15) is 0 Å². The van der Waals surface area contributed by atoms with E-state index in [9.17, 15) is 0 Å². The van der Waals surface area contributed by atoms with Crippen molar-refractivity contribution in [1.29, 1.82) is 0 Å². The number of rotatable bonds is 4. The molecule has 1 fully saturated rings. The molecule has 1 unspecified atom stereocenters. The number of hydrogen-bond donors (Lipinski definition) is 0. The van der Waals surface area contributed by atoms with E-state index in [1.54, 1.807) is 0 Å². The largest absolute Gasteiger partial charge is 0.408 e. The van der Waals surface area contributed by atoms with Crippen molar-refractivity contribution in [2.24, 2.45) is 0 Å². The van der Waals surface area contributed by atoms with Gasteiger partial charge in [-0.3, -0.25) is 0 Å². The second-order valence-corrected chi connectivity index (χ2v) is 5.14. The molecule has 19 heavy (non-hydrogen) atoms. The third kappa shape index (κ3) is 2.73. The molecule has 0 spiro atoms. The maximum Gasteiger partial charge on any atom is 0.318 e. The summed E-state index contributed by atoms with van der Waals surface area (Å²) in [5.41, 5.74) is 1.38. The highest BCUT2D eigenvalue weighted by molar-refractivity contribution is 6.17. The van der Waals surface area contributed by atoms with Crippen LogP contribution in [-0.4, -0.2) is 29.2 Å². The monoisotopic (exact) mass is 277 g/mol. The number of anilines is 1. The third-order valence-corrected chi connectivity index (χ3v) is 3.68. The Hall–Kier alpha value is -1.55. The summed E-state index contributed by atoms with van der Waals surface area (Å²) in [6.45, 7) is 1.90. The highest BCUT2D eigenvalue weighted by Gasteiger charge is 2.27. The van der Waals surface area contributed by atoms with Gasteiger partial charge in [0.25, 0.3) is 0 Å².